The molecular formula is C18H15N5. The number of rotatable bonds is 3. The van der Waals surface area contributed by atoms with Gasteiger partial charge in [-0.25, -0.2) is 5.10 Å². The minimum Gasteiger partial charge on any atom is -0.398 e. The Morgan fingerprint density at radius 3 is 2.57 bits per heavy atom. The van der Waals surface area contributed by atoms with Gasteiger partial charge in [0.2, 0.25) is 0 Å². The minimum atomic E-state index is 0.619. The second kappa shape index (κ2) is 5.53. The van der Waals surface area contributed by atoms with Crippen molar-refractivity contribution in [3.05, 3.63) is 71.8 Å². The number of hydrogen-bond donors (Lipinski definition) is 2. The first-order valence-corrected chi connectivity index (χ1v) is 7.40. The number of nitrogens with one attached hydrogen (secondary N) is 1. The SMILES string of the molecule is Nc1cc(-c2nnn[nH]2)ccc1Cc1ccc2ccccc2c1. The van der Waals surface area contributed by atoms with Crippen LogP contribution < -0.4 is 5.73 Å². The lowest BCUT2D eigenvalue weighted by Crippen LogP contribution is -1.97. The lowest BCUT2D eigenvalue weighted by atomic mass is 9.99. The van der Waals surface area contributed by atoms with Crippen molar-refractivity contribution in [3.63, 3.8) is 0 Å². The molecule has 0 aliphatic rings. The summed E-state index contributed by atoms with van der Waals surface area (Å²) in [6.45, 7) is 0. The van der Waals surface area contributed by atoms with Gasteiger partial charge in [0, 0.05) is 11.3 Å². The topological polar surface area (TPSA) is 80.5 Å². The van der Waals surface area contributed by atoms with E-state index < -0.39 is 0 Å². The Hall–Kier alpha value is -3.21. The fourth-order valence-corrected chi connectivity index (χ4v) is 2.75. The Kier molecular flexibility index (Phi) is 3.24. The minimum absolute atomic E-state index is 0.619. The third-order valence-electron chi connectivity index (χ3n) is 3.97. The van der Waals surface area contributed by atoms with Crippen LogP contribution in [0.2, 0.25) is 0 Å². The molecule has 0 saturated heterocycles. The van der Waals surface area contributed by atoms with Crippen molar-refractivity contribution < 1.29 is 0 Å². The predicted octanol–water partition coefficient (Wildman–Crippen LogP) is 3.19. The molecule has 1 heterocycles. The molecule has 0 aliphatic heterocycles. The molecule has 4 rings (SSSR count). The number of fused-ring (bicyclic) bond motifs is 1. The molecule has 112 valence electrons. The number of nitrogen functional groups attached to an aromatic ring is 1. The van der Waals surface area contributed by atoms with Crippen molar-refractivity contribution in [3.8, 4) is 11.4 Å². The summed E-state index contributed by atoms with van der Waals surface area (Å²) in [6, 6.07) is 20.8. The molecular weight excluding hydrogens is 286 g/mol. The van der Waals surface area contributed by atoms with E-state index in [2.05, 4.69) is 63.1 Å². The van der Waals surface area contributed by atoms with E-state index in [9.17, 15) is 0 Å². The molecule has 0 saturated carbocycles. The van der Waals surface area contributed by atoms with Gasteiger partial charge in [0.25, 0.3) is 0 Å². The van der Waals surface area contributed by atoms with Gasteiger partial charge in [0.1, 0.15) is 0 Å². The molecule has 23 heavy (non-hydrogen) atoms. The van der Waals surface area contributed by atoms with Crippen molar-refractivity contribution in [2.45, 2.75) is 6.42 Å². The van der Waals surface area contributed by atoms with E-state index in [-0.39, 0.29) is 0 Å². The standard InChI is InChI=1S/C18H15N5/c19-17-11-16(18-20-22-23-21-18)8-7-15(17)10-12-5-6-13-3-1-2-4-14(13)9-12/h1-9,11H,10,19H2,(H,20,21,22,23). The third kappa shape index (κ3) is 2.64. The van der Waals surface area contributed by atoms with Gasteiger partial charge < -0.3 is 5.73 Å². The van der Waals surface area contributed by atoms with Crippen LogP contribution in [0.3, 0.4) is 0 Å². The van der Waals surface area contributed by atoms with E-state index in [0.29, 0.717) is 5.82 Å². The monoisotopic (exact) mass is 301 g/mol. The highest BCUT2D eigenvalue weighted by Gasteiger charge is 2.07. The highest BCUT2D eigenvalue weighted by atomic mass is 15.5. The average Bonchev–Trinajstić information content (AvgIpc) is 3.11. The quantitative estimate of drug-likeness (QED) is 0.569. The number of benzene rings is 3. The lowest BCUT2D eigenvalue weighted by Gasteiger charge is -2.08. The molecule has 0 amide bonds. The molecule has 0 bridgehead atoms. The van der Waals surface area contributed by atoms with Gasteiger partial charge in [0.05, 0.1) is 0 Å². The number of nitrogens with two attached hydrogens (primary N) is 1. The number of tetrazole rings is 1. The Bertz CT molecular complexity index is 960. The number of nitrogens with zero attached hydrogens (tertiary/aromatic N) is 3. The molecule has 0 atom stereocenters. The molecule has 0 fully saturated rings. The molecule has 1 aromatic heterocycles. The fourth-order valence-electron chi connectivity index (χ4n) is 2.75. The Morgan fingerprint density at radius 2 is 1.78 bits per heavy atom. The first-order valence-electron chi connectivity index (χ1n) is 7.40. The zero-order valence-electron chi connectivity index (χ0n) is 12.4. The summed E-state index contributed by atoms with van der Waals surface area (Å²) in [5, 5.41) is 16.3. The maximum absolute atomic E-state index is 6.21. The number of hydrogen-bond acceptors (Lipinski definition) is 4. The van der Waals surface area contributed by atoms with Crippen LogP contribution in [-0.2, 0) is 6.42 Å². The summed E-state index contributed by atoms with van der Waals surface area (Å²) in [4.78, 5) is 0. The van der Waals surface area contributed by atoms with Crippen LogP contribution >= 0.6 is 0 Å². The van der Waals surface area contributed by atoms with E-state index in [0.717, 1.165) is 23.2 Å². The van der Waals surface area contributed by atoms with Gasteiger partial charge in [-0.05, 0) is 44.8 Å². The molecule has 3 aromatic carbocycles. The van der Waals surface area contributed by atoms with Crippen molar-refractivity contribution >= 4 is 16.5 Å². The van der Waals surface area contributed by atoms with Crippen LogP contribution in [0, 0.1) is 0 Å². The number of aromatic amines is 1. The Labute approximate surface area is 133 Å². The average molecular weight is 301 g/mol. The Morgan fingerprint density at radius 1 is 0.913 bits per heavy atom. The van der Waals surface area contributed by atoms with Crippen LogP contribution in [0.1, 0.15) is 11.1 Å². The van der Waals surface area contributed by atoms with Crippen LogP contribution in [-0.4, -0.2) is 20.6 Å². The van der Waals surface area contributed by atoms with Gasteiger partial charge in [-0.2, -0.15) is 0 Å². The highest BCUT2D eigenvalue weighted by molar-refractivity contribution is 5.83. The van der Waals surface area contributed by atoms with E-state index in [1.807, 2.05) is 18.2 Å². The van der Waals surface area contributed by atoms with Crippen LogP contribution in [0.15, 0.2) is 60.7 Å². The smallest absolute Gasteiger partial charge is 0.179 e. The molecule has 0 aliphatic carbocycles. The van der Waals surface area contributed by atoms with Crippen molar-refractivity contribution in [2.75, 3.05) is 5.73 Å². The highest BCUT2D eigenvalue weighted by Crippen LogP contribution is 2.24. The first-order chi connectivity index (χ1) is 11.3. The molecule has 0 unspecified atom stereocenters. The van der Waals surface area contributed by atoms with Gasteiger partial charge in [-0.3, -0.25) is 0 Å². The zero-order valence-corrected chi connectivity index (χ0v) is 12.4. The summed E-state index contributed by atoms with van der Waals surface area (Å²) < 4.78 is 0. The third-order valence-corrected chi connectivity index (χ3v) is 3.97. The molecule has 4 aromatic rings. The van der Waals surface area contributed by atoms with Gasteiger partial charge in [-0.15, -0.1) is 5.10 Å². The van der Waals surface area contributed by atoms with E-state index >= 15 is 0 Å². The van der Waals surface area contributed by atoms with E-state index in [1.165, 1.54) is 16.3 Å². The van der Waals surface area contributed by atoms with Gasteiger partial charge in [-0.1, -0.05) is 54.6 Å². The largest absolute Gasteiger partial charge is 0.398 e. The second-order valence-corrected chi connectivity index (χ2v) is 5.52. The first kappa shape index (κ1) is 13.5. The summed E-state index contributed by atoms with van der Waals surface area (Å²) >= 11 is 0. The summed E-state index contributed by atoms with van der Waals surface area (Å²) in [6.07, 6.45) is 0.797. The molecule has 5 nitrogen and oxygen atoms in total. The van der Waals surface area contributed by atoms with E-state index in [4.69, 9.17) is 5.73 Å². The molecule has 3 N–H and O–H groups in total. The fraction of sp³-hybridized carbons (Fsp3) is 0.0556. The van der Waals surface area contributed by atoms with Gasteiger partial charge in [0.15, 0.2) is 5.82 Å². The lowest BCUT2D eigenvalue weighted by molar-refractivity contribution is 0.881. The number of aromatic nitrogens is 4. The molecule has 5 heteroatoms. The molecule has 0 spiro atoms. The maximum atomic E-state index is 6.21. The number of anilines is 1. The summed E-state index contributed by atoms with van der Waals surface area (Å²) in [5.74, 6) is 0.619. The summed E-state index contributed by atoms with van der Waals surface area (Å²) in [7, 11) is 0. The van der Waals surface area contributed by atoms with Crippen LogP contribution in [0.25, 0.3) is 22.2 Å². The second-order valence-electron chi connectivity index (χ2n) is 5.52. The van der Waals surface area contributed by atoms with Crippen molar-refractivity contribution in [2.24, 2.45) is 0 Å². The van der Waals surface area contributed by atoms with Crippen molar-refractivity contribution in [1.29, 1.82) is 0 Å². The van der Waals surface area contributed by atoms with Gasteiger partial charge >= 0.3 is 0 Å². The molecule has 0 radical (unpaired) electrons. The van der Waals surface area contributed by atoms with Crippen molar-refractivity contribution in [1.82, 2.24) is 20.6 Å². The normalized spacial score (nSPS) is 11.0. The van der Waals surface area contributed by atoms with Crippen LogP contribution in [0.4, 0.5) is 5.69 Å². The van der Waals surface area contributed by atoms with E-state index in [1.54, 1.807) is 0 Å². The number of H-pyrrole nitrogens is 1. The summed E-state index contributed by atoms with van der Waals surface area (Å²) in [5.41, 5.74) is 10.2. The van der Waals surface area contributed by atoms with Crippen LogP contribution in [0.5, 0.6) is 0 Å². The maximum Gasteiger partial charge on any atom is 0.179 e. The Balaban J connectivity index is 1.65. The predicted molar refractivity (Wildman–Crippen MR) is 90.8 cm³/mol. The zero-order chi connectivity index (χ0) is 15.6.